The van der Waals surface area contributed by atoms with Gasteiger partial charge in [0.15, 0.2) is 5.69 Å². The molecule has 1 unspecified atom stereocenters. The fourth-order valence-corrected chi connectivity index (χ4v) is 2.09. The molecule has 0 aliphatic heterocycles. The summed E-state index contributed by atoms with van der Waals surface area (Å²) >= 11 is 0. The summed E-state index contributed by atoms with van der Waals surface area (Å²) in [6, 6.07) is 9.85. The molecule has 1 heterocycles. The Morgan fingerprint density at radius 3 is 2.65 bits per heavy atom. The van der Waals surface area contributed by atoms with E-state index in [0.717, 1.165) is 5.56 Å². The van der Waals surface area contributed by atoms with Crippen LogP contribution in [0.25, 0.3) is 0 Å². The Morgan fingerprint density at radius 1 is 1.40 bits per heavy atom. The zero-order valence-electron chi connectivity index (χ0n) is 12.0. The van der Waals surface area contributed by atoms with Crippen LogP contribution in [0, 0.1) is 6.92 Å². The van der Waals surface area contributed by atoms with E-state index in [1.807, 2.05) is 37.3 Å². The first-order chi connectivity index (χ1) is 9.56. The summed E-state index contributed by atoms with van der Waals surface area (Å²) in [4.78, 5) is 11.8. The van der Waals surface area contributed by atoms with Crippen molar-refractivity contribution in [1.29, 1.82) is 0 Å². The molecule has 0 aliphatic carbocycles. The third-order valence-electron chi connectivity index (χ3n) is 3.31. The molecule has 0 fully saturated rings. The standard InChI is InChI=1S/C15H19N3O2/c1-4-20-15(19)13-10(2)14(16)18(17-13)11(3)12-8-6-5-7-9-12/h5-9,11H,4,16H2,1-3H3. The molecule has 1 atom stereocenters. The maximum absolute atomic E-state index is 11.8. The second kappa shape index (κ2) is 5.77. The molecule has 0 bridgehead atoms. The molecule has 20 heavy (non-hydrogen) atoms. The van der Waals surface area contributed by atoms with E-state index in [1.54, 1.807) is 18.5 Å². The van der Waals surface area contributed by atoms with E-state index in [4.69, 9.17) is 10.5 Å². The van der Waals surface area contributed by atoms with Gasteiger partial charge in [-0.3, -0.25) is 0 Å². The summed E-state index contributed by atoms with van der Waals surface area (Å²) in [5.41, 5.74) is 8.09. The number of nitrogens with two attached hydrogens (primary N) is 1. The van der Waals surface area contributed by atoms with Gasteiger partial charge in [0, 0.05) is 5.56 Å². The number of nitrogen functional groups attached to an aromatic ring is 1. The summed E-state index contributed by atoms with van der Waals surface area (Å²) in [5.74, 6) is 0.0557. The molecule has 106 valence electrons. The van der Waals surface area contributed by atoms with Gasteiger partial charge < -0.3 is 10.5 Å². The van der Waals surface area contributed by atoms with E-state index < -0.39 is 5.97 Å². The average molecular weight is 273 g/mol. The Morgan fingerprint density at radius 2 is 2.05 bits per heavy atom. The van der Waals surface area contributed by atoms with Crippen LogP contribution in [0.15, 0.2) is 30.3 Å². The quantitative estimate of drug-likeness (QED) is 0.869. The van der Waals surface area contributed by atoms with Crippen molar-refractivity contribution >= 4 is 11.8 Å². The summed E-state index contributed by atoms with van der Waals surface area (Å²) in [5, 5.41) is 4.32. The molecule has 1 aromatic carbocycles. The Balaban J connectivity index is 2.38. The summed E-state index contributed by atoms with van der Waals surface area (Å²) in [6.45, 7) is 5.86. The summed E-state index contributed by atoms with van der Waals surface area (Å²) in [6.07, 6.45) is 0. The predicted octanol–water partition coefficient (Wildman–Crippen LogP) is 2.56. The number of benzene rings is 1. The number of carbonyl (C=O) groups is 1. The van der Waals surface area contributed by atoms with Gasteiger partial charge in [-0.1, -0.05) is 30.3 Å². The lowest BCUT2D eigenvalue weighted by atomic mass is 10.1. The average Bonchev–Trinajstić information content (AvgIpc) is 2.76. The molecule has 0 aliphatic rings. The van der Waals surface area contributed by atoms with Crippen molar-refractivity contribution in [2.45, 2.75) is 26.8 Å². The van der Waals surface area contributed by atoms with Crippen LogP contribution >= 0.6 is 0 Å². The van der Waals surface area contributed by atoms with Gasteiger partial charge in [-0.25, -0.2) is 9.48 Å². The SMILES string of the molecule is CCOC(=O)c1nn(C(C)c2ccccc2)c(N)c1C. The van der Waals surface area contributed by atoms with Gasteiger partial charge in [-0.2, -0.15) is 5.10 Å². The number of esters is 1. The lowest BCUT2D eigenvalue weighted by Crippen LogP contribution is -2.12. The minimum absolute atomic E-state index is 0.0434. The fraction of sp³-hybridized carbons (Fsp3) is 0.333. The van der Waals surface area contributed by atoms with E-state index in [1.165, 1.54) is 0 Å². The number of rotatable bonds is 4. The third-order valence-corrected chi connectivity index (χ3v) is 3.31. The predicted molar refractivity (Wildman–Crippen MR) is 77.6 cm³/mol. The molecule has 0 saturated heterocycles. The van der Waals surface area contributed by atoms with Gasteiger partial charge in [0.2, 0.25) is 0 Å². The molecule has 0 radical (unpaired) electrons. The number of aromatic nitrogens is 2. The topological polar surface area (TPSA) is 70.1 Å². The molecule has 2 N–H and O–H groups in total. The molecule has 0 amide bonds. The van der Waals surface area contributed by atoms with Crippen LogP contribution in [0.3, 0.4) is 0 Å². The monoisotopic (exact) mass is 273 g/mol. The minimum atomic E-state index is -0.435. The number of hydrogen-bond acceptors (Lipinski definition) is 4. The second-order valence-electron chi connectivity index (χ2n) is 4.61. The van der Waals surface area contributed by atoms with Gasteiger partial charge in [-0.15, -0.1) is 0 Å². The molecular formula is C15H19N3O2. The highest BCUT2D eigenvalue weighted by Gasteiger charge is 2.22. The first-order valence-corrected chi connectivity index (χ1v) is 6.62. The van der Waals surface area contributed by atoms with Crippen LogP contribution in [0.2, 0.25) is 0 Å². The highest BCUT2D eigenvalue weighted by molar-refractivity contribution is 5.90. The molecule has 0 spiro atoms. The minimum Gasteiger partial charge on any atom is -0.461 e. The van der Waals surface area contributed by atoms with E-state index in [-0.39, 0.29) is 11.7 Å². The maximum Gasteiger partial charge on any atom is 0.359 e. The van der Waals surface area contributed by atoms with Crippen molar-refractivity contribution in [1.82, 2.24) is 9.78 Å². The van der Waals surface area contributed by atoms with Crippen molar-refractivity contribution in [2.75, 3.05) is 12.3 Å². The summed E-state index contributed by atoms with van der Waals surface area (Å²) < 4.78 is 6.66. The van der Waals surface area contributed by atoms with E-state index in [9.17, 15) is 4.79 Å². The zero-order chi connectivity index (χ0) is 14.7. The van der Waals surface area contributed by atoms with Crippen molar-refractivity contribution in [3.8, 4) is 0 Å². The van der Waals surface area contributed by atoms with Crippen LogP contribution in [-0.2, 0) is 4.74 Å². The van der Waals surface area contributed by atoms with E-state index >= 15 is 0 Å². The van der Waals surface area contributed by atoms with Crippen molar-refractivity contribution < 1.29 is 9.53 Å². The molecule has 5 nitrogen and oxygen atoms in total. The second-order valence-corrected chi connectivity index (χ2v) is 4.61. The molecule has 0 saturated carbocycles. The third kappa shape index (κ3) is 2.52. The van der Waals surface area contributed by atoms with E-state index in [2.05, 4.69) is 5.10 Å². The normalized spacial score (nSPS) is 12.2. The van der Waals surface area contributed by atoms with Gasteiger partial charge in [-0.05, 0) is 26.3 Å². The molecule has 1 aromatic heterocycles. The van der Waals surface area contributed by atoms with Gasteiger partial charge in [0.25, 0.3) is 0 Å². The van der Waals surface area contributed by atoms with Crippen LogP contribution in [0.5, 0.6) is 0 Å². The van der Waals surface area contributed by atoms with Crippen molar-refractivity contribution in [2.24, 2.45) is 0 Å². The lowest BCUT2D eigenvalue weighted by molar-refractivity contribution is 0.0517. The fourth-order valence-electron chi connectivity index (χ4n) is 2.09. The van der Waals surface area contributed by atoms with Crippen LogP contribution in [0.1, 0.15) is 41.5 Å². The highest BCUT2D eigenvalue weighted by Crippen LogP contribution is 2.24. The van der Waals surface area contributed by atoms with Crippen molar-refractivity contribution in [3.05, 3.63) is 47.2 Å². The number of anilines is 1. The highest BCUT2D eigenvalue weighted by atomic mass is 16.5. The van der Waals surface area contributed by atoms with Crippen LogP contribution < -0.4 is 5.73 Å². The number of carbonyl (C=O) groups excluding carboxylic acids is 1. The van der Waals surface area contributed by atoms with Gasteiger partial charge in [0.1, 0.15) is 5.82 Å². The first kappa shape index (κ1) is 14.1. The zero-order valence-corrected chi connectivity index (χ0v) is 12.0. The summed E-state index contributed by atoms with van der Waals surface area (Å²) in [7, 11) is 0. The Labute approximate surface area is 118 Å². The van der Waals surface area contributed by atoms with E-state index in [0.29, 0.717) is 18.0 Å². The largest absolute Gasteiger partial charge is 0.461 e. The lowest BCUT2D eigenvalue weighted by Gasteiger charge is -2.14. The number of ether oxygens (including phenoxy) is 1. The maximum atomic E-state index is 11.8. The molecular weight excluding hydrogens is 254 g/mol. The molecule has 5 heteroatoms. The Kier molecular flexibility index (Phi) is 4.08. The first-order valence-electron chi connectivity index (χ1n) is 6.62. The van der Waals surface area contributed by atoms with Crippen molar-refractivity contribution in [3.63, 3.8) is 0 Å². The smallest absolute Gasteiger partial charge is 0.359 e. The van der Waals surface area contributed by atoms with Gasteiger partial charge in [0.05, 0.1) is 12.6 Å². The Hall–Kier alpha value is -2.30. The molecule has 2 rings (SSSR count). The van der Waals surface area contributed by atoms with Gasteiger partial charge >= 0.3 is 5.97 Å². The number of nitrogens with zero attached hydrogens (tertiary/aromatic N) is 2. The molecule has 2 aromatic rings. The van der Waals surface area contributed by atoms with Crippen LogP contribution in [-0.4, -0.2) is 22.4 Å². The number of hydrogen-bond donors (Lipinski definition) is 1. The Bertz CT molecular complexity index is 605. The van der Waals surface area contributed by atoms with Crippen LogP contribution in [0.4, 0.5) is 5.82 Å².